The van der Waals surface area contributed by atoms with Crippen LogP contribution in [0.5, 0.6) is 0 Å². The number of nitrogens with two attached hydrogens (primary N) is 1. The molecule has 0 unspecified atom stereocenters. The van der Waals surface area contributed by atoms with E-state index in [9.17, 15) is 10.1 Å². The van der Waals surface area contributed by atoms with Gasteiger partial charge in [0.05, 0.1) is 4.92 Å². The Balaban J connectivity index is 1.92. The number of nitrogens with one attached hydrogen (secondary N) is 1. The van der Waals surface area contributed by atoms with Gasteiger partial charge in [0.1, 0.15) is 17.4 Å². The van der Waals surface area contributed by atoms with Crippen molar-refractivity contribution >= 4 is 11.5 Å². The smallest absolute Gasteiger partial charge is 0.270 e. The van der Waals surface area contributed by atoms with Gasteiger partial charge in [-0.2, -0.15) is 0 Å². The number of non-ortho nitro benzene ring substituents is 1. The minimum Gasteiger partial charge on any atom is -0.456 e. The number of nitro groups is 1. The van der Waals surface area contributed by atoms with Gasteiger partial charge in [-0.05, 0) is 12.1 Å². The van der Waals surface area contributed by atoms with E-state index < -0.39 is 4.92 Å². The van der Waals surface area contributed by atoms with Crippen LogP contribution in [0.15, 0.2) is 65.1 Å². The van der Waals surface area contributed by atoms with Crippen molar-refractivity contribution in [3.63, 3.8) is 0 Å². The van der Waals surface area contributed by atoms with Crippen LogP contribution in [0, 0.1) is 15.5 Å². The molecule has 0 radical (unpaired) electrons. The molecule has 1 heterocycles. The monoisotopic (exact) mass is 307 g/mol. The van der Waals surface area contributed by atoms with Crippen molar-refractivity contribution in [3.8, 4) is 22.6 Å². The summed E-state index contributed by atoms with van der Waals surface area (Å²) in [6, 6.07) is 17.0. The van der Waals surface area contributed by atoms with Gasteiger partial charge in [-0.3, -0.25) is 15.5 Å². The van der Waals surface area contributed by atoms with E-state index in [4.69, 9.17) is 15.6 Å². The molecule has 3 N–H and O–H groups in total. The van der Waals surface area contributed by atoms with Crippen molar-refractivity contribution in [2.24, 2.45) is 5.73 Å². The maximum absolute atomic E-state index is 10.8. The van der Waals surface area contributed by atoms with Crippen molar-refractivity contribution in [2.75, 3.05) is 0 Å². The van der Waals surface area contributed by atoms with Gasteiger partial charge < -0.3 is 10.2 Å². The molecule has 0 saturated carbocycles. The number of hydrogen-bond acceptors (Lipinski definition) is 4. The van der Waals surface area contributed by atoms with Crippen molar-refractivity contribution < 1.29 is 9.34 Å². The number of hydrogen-bond donors (Lipinski definition) is 2. The molecule has 0 amide bonds. The van der Waals surface area contributed by atoms with Crippen LogP contribution in [0.1, 0.15) is 5.56 Å². The van der Waals surface area contributed by atoms with E-state index in [1.165, 1.54) is 12.1 Å². The zero-order valence-corrected chi connectivity index (χ0v) is 12.0. The molecule has 0 spiro atoms. The average Bonchev–Trinajstić information content (AvgIpc) is 3.05. The largest absolute Gasteiger partial charge is 0.456 e. The molecular formula is C17H13N3O3. The maximum atomic E-state index is 10.8. The van der Waals surface area contributed by atoms with E-state index in [0.717, 1.165) is 5.56 Å². The summed E-state index contributed by atoms with van der Waals surface area (Å²) in [7, 11) is 0. The van der Waals surface area contributed by atoms with Gasteiger partial charge in [0.2, 0.25) is 0 Å². The van der Waals surface area contributed by atoms with Crippen molar-refractivity contribution in [1.82, 2.24) is 0 Å². The number of nitro benzene ring substituents is 1. The van der Waals surface area contributed by atoms with Crippen molar-refractivity contribution in [2.45, 2.75) is 0 Å². The Kier molecular flexibility index (Phi) is 3.64. The third-order valence-electron chi connectivity index (χ3n) is 3.43. The van der Waals surface area contributed by atoms with Gasteiger partial charge in [-0.1, -0.05) is 36.4 Å². The highest BCUT2D eigenvalue weighted by molar-refractivity contribution is 5.95. The molecule has 3 rings (SSSR count). The Morgan fingerprint density at radius 2 is 1.65 bits per heavy atom. The van der Waals surface area contributed by atoms with Gasteiger partial charge >= 0.3 is 0 Å². The van der Waals surface area contributed by atoms with Crippen LogP contribution in [-0.2, 0) is 0 Å². The summed E-state index contributed by atoms with van der Waals surface area (Å²) in [6.07, 6.45) is 0. The van der Waals surface area contributed by atoms with E-state index in [1.807, 2.05) is 12.1 Å². The third-order valence-corrected chi connectivity index (χ3v) is 3.43. The molecule has 0 fully saturated rings. The van der Waals surface area contributed by atoms with Crippen molar-refractivity contribution in [3.05, 3.63) is 76.3 Å². The molecule has 6 heteroatoms. The van der Waals surface area contributed by atoms with Gasteiger partial charge in [0.15, 0.2) is 0 Å². The quantitative estimate of drug-likeness (QED) is 0.331. The second-order valence-electron chi connectivity index (χ2n) is 4.96. The first-order valence-electron chi connectivity index (χ1n) is 6.84. The fraction of sp³-hybridized carbons (Fsp3) is 0. The second-order valence-corrected chi connectivity index (χ2v) is 4.96. The van der Waals surface area contributed by atoms with Crippen LogP contribution in [0.4, 0.5) is 5.69 Å². The second kappa shape index (κ2) is 5.76. The van der Waals surface area contributed by atoms with Gasteiger partial charge in [0.25, 0.3) is 5.69 Å². The SMILES string of the molecule is N=C(N)c1ccc(-c2ccc(-c3cccc([N+](=O)[O-])c3)o2)cc1. The lowest BCUT2D eigenvalue weighted by atomic mass is 10.1. The molecule has 2 aromatic carbocycles. The summed E-state index contributed by atoms with van der Waals surface area (Å²) in [6.45, 7) is 0. The molecule has 0 atom stereocenters. The molecule has 1 aromatic heterocycles. The summed E-state index contributed by atoms with van der Waals surface area (Å²) in [5.74, 6) is 1.20. The normalized spacial score (nSPS) is 10.4. The molecule has 23 heavy (non-hydrogen) atoms. The van der Waals surface area contributed by atoms with Gasteiger partial charge in [-0.25, -0.2) is 0 Å². The van der Waals surface area contributed by atoms with Crippen LogP contribution in [0.25, 0.3) is 22.6 Å². The number of nitrogen functional groups attached to an aromatic ring is 1. The van der Waals surface area contributed by atoms with E-state index >= 15 is 0 Å². The van der Waals surface area contributed by atoms with Crippen LogP contribution < -0.4 is 5.73 Å². The maximum Gasteiger partial charge on any atom is 0.270 e. The van der Waals surface area contributed by atoms with Crippen LogP contribution in [0.2, 0.25) is 0 Å². The zero-order valence-electron chi connectivity index (χ0n) is 12.0. The number of amidine groups is 1. The highest BCUT2D eigenvalue weighted by Crippen LogP contribution is 2.30. The van der Waals surface area contributed by atoms with Crippen LogP contribution >= 0.6 is 0 Å². The summed E-state index contributed by atoms with van der Waals surface area (Å²) in [5.41, 5.74) is 7.57. The Morgan fingerprint density at radius 1 is 1.00 bits per heavy atom. The Hall–Kier alpha value is -3.41. The summed E-state index contributed by atoms with van der Waals surface area (Å²) >= 11 is 0. The van der Waals surface area contributed by atoms with E-state index in [0.29, 0.717) is 22.6 Å². The molecule has 0 bridgehead atoms. The van der Waals surface area contributed by atoms with Crippen molar-refractivity contribution in [1.29, 1.82) is 5.41 Å². The number of furan rings is 1. The highest BCUT2D eigenvalue weighted by Gasteiger charge is 2.11. The number of benzene rings is 2. The standard InChI is InChI=1S/C17H13N3O3/c18-17(19)12-6-4-11(5-7-12)15-8-9-16(23-15)13-2-1-3-14(10-13)20(21)22/h1-10H,(H3,18,19). The average molecular weight is 307 g/mol. The van der Waals surface area contributed by atoms with E-state index in [1.54, 1.807) is 36.4 Å². The zero-order chi connectivity index (χ0) is 16.4. The fourth-order valence-electron chi connectivity index (χ4n) is 2.23. The minimum atomic E-state index is -0.437. The number of rotatable bonds is 4. The topological polar surface area (TPSA) is 106 Å². The Morgan fingerprint density at radius 3 is 2.26 bits per heavy atom. The summed E-state index contributed by atoms with van der Waals surface area (Å²) < 4.78 is 5.78. The molecule has 0 saturated heterocycles. The number of nitrogens with zero attached hydrogens (tertiary/aromatic N) is 1. The van der Waals surface area contributed by atoms with Gasteiger partial charge in [0, 0.05) is 28.8 Å². The lowest BCUT2D eigenvalue weighted by Gasteiger charge is -2.01. The first-order valence-corrected chi connectivity index (χ1v) is 6.84. The first-order chi connectivity index (χ1) is 11.0. The molecule has 6 nitrogen and oxygen atoms in total. The molecule has 0 aliphatic carbocycles. The first kappa shape index (κ1) is 14.5. The summed E-state index contributed by atoms with van der Waals surface area (Å²) in [4.78, 5) is 10.4. The van der Waals surface area contributed by atoms with E-state index in [-0.39, 0.29) is 11.5 Å². The molecule has 0 aliphatic rings. The third kappa shape index (κ3) is 2.96. The lowest BCUT2D eigenvalue weighted by molar-refractivity contribution is -0.384. The predicted octanol–water partition coefficient (Wildman–Crippen LogP) is 3.81. The fourth-order valence-corrected chi connectivity index (χ4v) is 2.23. The molecule has 3 aromatic rings. The molecular weight excluding hydrogens is 294 g/mol. The van der Waals surface area contributed by atoms with Crippen LogP contribution in [0.3, 0.4) is 0 Å². The Bertz CT molecular complexity index is 882. The van der Waals surface area contributed by atoms with E-state index in [2.05, 4.69) is 0 Å². The lowest BCUT2D eigenvalue weighted by Crippen LogP contribution is -2.10. The predicted molar refractivity (Wildman–Crippen MR) is 87.3 cm³/mol. The highest BCUT2D eigenvalue weighted by atomic mass is 16.6. The minimum absolute atomic E-state index is 0.00767. The molecule has 0 aliphatic heterocycles. The van der Waals surface area contributed by atoms with Gasteiger partial charge in [-0.15, -0.1) is 0 Å². The Labute approximate surface area is 131 Å². The summed E-state index contributed by atoms with van der Waals surface area (Å²) in [5, 5.41) is 18.2. The molecule has 114 valence electrons. The van der Waals surface area contributed by atoms with Crippen LogP contribution in [-0.4, -0.2) is 10.8 Å².